The number of benzene rings is 1. The lowest BCUT2D eigenvalue weighted by molar-refractivity contribution is 0.424. The Kier molecular flexibility index (Phi) is 4.55. The van der Waals surface area contributed by atoms with E-state index in [1.54, 1.807) is 0 Å². The molecule has 0 fully saturated rings. The predicted molar refractivity (Wildman–Crippen MR) is 71.7 cm³/mol. The topological polar surface area (TPSA) is 12.0 Å². The fourth-order valence-electron chi connectivity index (χ4n) is 1.57. The van der Waals surface area contributed by atoms with Crippen molar-refractivity contribution < 1.29 is 0 Å². The zero-order valence-corrected chi connectivity index (χ0v) is 11.3. The number of nitrogens with one attached hydrogen (secondary N) is 1. The molecule has 0 aromatic heterocycles. The molecule has 1 rings (SSSR count). The summed E-state index contributed by atoms with van der Waals surface area (Å²) in [5.41, 5.74) is 3.00. The van der Waals surface area contributed by atoms with E-state index in [0.717, 1.165) is 6.54 Å². The van der Waals surface area contributed by atoms with Crippen molar-refractivity contribution in [1.82, 2.24) is 5.32 Å². The van der Waals surface area contributed by atoms with Crippen LogP contribution in [0.25, 0.3) is 0 Å². The van der Waals surface area contributed by atoms with Crippen LogP contribution in [0.1, 0.15) is 58.1 Å². The van der Waals surface area contributed by atoms with Crippen LogP contribution in [-0.4, -0.2) is 5.54 Å². The molecule has 0 heterocycles. The van der Waals surface area contributed by atoms with E-state index in [4.69, 9.17) is 0 Å². The lowest BCUT2D eigenvalue weighted by Gasteiger charge is -2.20. The number of hydrogen-bond acceptors (Lipinski definition) is 1. The predicted octanol–water partition coefficient (Wildman–Crippen LogP) is 4.09. The fraction of sp³-hybridized carbons (Fsp3) is 0.600. The average molecular weight is 219 g/mol. The van der Waals surface area contributed by atoms with Crippen LogP contribution in [0.2, 0.25) is 0 Å². The highest BCUT2D eigenvalue weighted by Crippen LogP contribution is 2.18. The Balaban J connectivity index is 2.58. The molecule has 90 valence electrons. The van der Waals surface area contributed by atoms with Crippen LogP contribution in [-0.2, 0) is 6.54 Å². The zero-order chi connectivity index (χ0) is 12.2. The molecule has 0 bridgehead atoms. The highest BCUT2D eigenvalue weighted by atomic mass is 14.9. The third kappa shape index (κ3) is 4.36. The Labute approximate surface area is 100 Å². The fourth-order valence-corrected chi connectivity index (χ4v) is 1.57. The molecule has 1 aromatic rings. The van der Waals surface area contributed by atoms with E-state index < -0.39 is 0 Å². The van der Waals surface area contributed by atoms with E-state index in [1.165, 1.54) is 17.5 Å². The first-order chi connectivity index (χ1) is 7.42. The lowest BCUT2D eigenvalue weighted by Crippen LogP contribution is -2.35. The molecule has 0 saturated heterocycles. The maximum Gasteiger partial charge on any atom is 0.0210 e. The van der Waals surface area contributed by atoms with Gasteiger partial charge in [0, 0.05) is 12.1 Å². The van der Waals surface area contributed by atoms with Crippen molar-refractivity contribution >= 4 is 0 Å². The van der Waals surface area contributed by atoms with Crippen molar-refractivity contribution in [2.45, 2.75) is 59.0 Å². The van der Waals surface area contributed by atoms with E-state index in [9.17, 15) is 0 Å². The average Bonchev–Trinajstić information content (AvgIpc) is 2.25. The highest BCUT2D eigenvalue weighted by molar-refractivity contribution is 5.25. The molecule has 0 spiro atoms. The van der Waals surface area contributed by atoms with Crippen molar-refractivity contribution in [3.8, 4) is 0 Å². The van der Waals surface area contributed by atoms with Gasteiger partial charge in [-0.3, -0.25) is 0 Å². The second kappa shape index (κ2) is 5.49. The summed E-state index contributed by atoms with van der Waals surface area (Å²) >= 11 is 0. The van der Waals surface area contributed by atoms with Crippen LogP contribution in [0.3, 0.4) is 0 Å². The molecule has 0 aliphatic carbocycles. The first-order valence-corrected chi connectivity index (χ1v) is 6.26. The lowest BCUT2D eigenvalue weighted by atomic mass is 9.97. The van der Waals surface area contributed by atoms with Crippen LogP contribution >= 0.6 is 0 Å². The van der Waals surface area contributed by atoms with Crippen molar-refractivity contribution in [2.75, 3.05) is 0 Å². The summed E-state index contributed by atoms with van der Waals surface area (Å²) in [6.07, 6.45) is 1.21. The van der Waals surface area contributed by atoms with Crippen molar-refractivity contribution in [3.63, 3.8) is 0 Å². The van der Waals surface area contributed by atoms with Gasteiger partial charge in [0.15, 0.2) is 0 Å². The SMILES string of the molecule is CCC(C)c1ccc(CNC(C)(C)C)cc1. The third-order valence-corrected chi connectivity index (χ3v) is 2.98. The van der Waals surface area contributed by atoms with Crippen LogP contribution in [0, 0.1) is 0 Å². The van der Waals surface area contributed by atoms with Gasteiger partial charge in [0.25, 0.3) is 0 Å². The monoisotopic (exact) mass is 219 g/mol. The van der Waals surface area contributed by atoms with Crippen LogP contribution in [0.15, 0.2) is 24.3 Å². The van der Waals surface area contributed by atoms with Crippen LogP contribution in [0.4, 0.5) is 0 Å². The van der Waals surface area contributed by atoms with Gasteiger partial charge in [-0.05, 0) is 44.2 Å². The first kappa shape index (κ1) is 13.2. The minimum atomic E-state index is 0.190. The Morgan fingerprint density at radius 2 is 1.69 bits per heavy atom. The molecule has 1 unspecified atom stereocenters. The van der Waals surface area contributed by atoms with Gasteiger partial charge in [-0.1, -0.05) is 38.1 Å². The van der Waals surface area contributed by atoms with Crippen molar-refractivity contribution in [2.24, 2.45) is 0 Å². The van der Waals surface area contributed by atoms with E-state index in [2.05, 4.69) is 64.2 Å². The third-order valence-electron chi connectivity index (χ3n) is 2.98. The Bertz CT molecular complexity index is 305. The summed E-state index contributed by atoms with van der Waals surface area (Å²) in [5.74, 6) is 0.671. The summed E-state index contributed by atoms with van der Waals surface area (Å²) in [6, 6.07) is 8.99. The summed E-state index contributed by atoms with van der Waals surface area (Å²) in [5, 5.41) is 3.50. The molecule has 0 amide bonds. The molecule has 0 aliphatic heterocycles. The maximum atomic E-state index is 3.50. The van der Waals surface area contributed by atoms with Crippen LogP contribution < -0.4 is 5.32 Å². The summed E-state index contributed by atoms with van der Waals surface area (Å²) in [4.78, 5) is 0. The van der Waals surface area contributed by atoms with Crippen LogP contribution in [0.5, 0.6) is 0 Å². The van der Waals surface area contributed by atoms with Gasteiger partial charge in [0.1, 0.15) is 0 Å². The Hall–Kier alpha value is -0.820. The maximum absolute atomic E-state index is 3.50. The molecule has 1 nitrogen and oxygen atoms in total. The molecular formula is C15H25N. The molecule has 16 heavy (non-hydrogen) atoms. The van der Waals surface area contributed by atoms with E-state index >= 15 is 0 Å². The molecule has 0 saturated carbocycles. The summed E-state index contributed by atoms with van der Waals surface area (Å²) in [7, 11) is 0. The van der Waals surface area contributed by atoms with Gasteiger partial charge in [0.05, 0.1) is 0 Å². The Morgan fingerprint density at radius 1 is 1.12 bits per heavy atom. The quantitative estimate of drug-likeness (QED) is 0.804. The Morgan fingerprint density at radius 3 is 2.12 bits per heavy atom. The van der Waals surface area contributed by atoms with Gasteiger partial charge < -0.3 is 5.32 Å². The normalized spacial score (nSPS) is 13.8. The number of hydrogen-bond donors (Lipinski definition) is 1. The second-order valence-corrected chi connectivity index (χ2v) is 5.65. The van der Waals surface area contributed by atoms with Crippen molar-refractivity contribution in [1.29, 1.82) is 0 Å². The largest absolute Gasteiger partial charge is 0.308 e. The smallest absolute Gasteiger partial charge is 0.0210 e. The second-order valence-electron chi connectivity index (χ2n) is 5.65. The van der Waals surface area contributed by atoms with E-state index in [0.29, 0.717) is 5.92 Å². The zero-order valence-electron chi connectivity index (χ0n) is 11.3. The summed E-state index contributed by atoms with van der Waals surface area (Å²) < 4.78 is 0. The van der Waals surface area contributed by atoms with Crippen molar-refractivity contribution in [3.05, 3.63) is 35.4 Å². The molecule has 1 heteroatoms. The van der Waals surface area contributed by atoms with E-state index in [1.807, 2.05) is 0 Å². The standard InChI is InChI=1S/C15H25N/c1-6-12(2)14-9-7-13(8-10-14)11-16-15(3,4)5/h7-10,12,16H,6,11H2,1-5H3. The minimum Gasteiger partial charge on any atom is -0.308 e. The number of rotatable bonds is 4. The molecule has 1 aromatic carbocycles. The highest BCUT2D eigenvalue weighted by Gasteiger charge is 2.08. The van der Waals surface area contributed by atoms with Gasteiger partial charge in [0.2, 0.25) is 0 Å². The molecule has 1 N–H and O–H groups in total. The van der Waals surface area contributed by atoms with Gasteiger partial charge >= 0.3 is 0 Å². The molecule has 0 aliphatic rings. The summed E-state index contributed by atoms with van der Waals surface area (Å²) in [6.45, 7) is 12.0. The van der Waals surface area contributed by atoms with Gasteiger partial charge in [-0.25, -0.2) is 0 Å². The molecular weight excluding hydrogens is 194 g/mol. The first-order valence-electron chi connectivity index (χ1n) is 6.26. The van der Waals surface area contributed by atoms with Gasteiger partial charge in [-0.2, -0.15) is 0 Å². The molecule has 0 radical (unpaired) electrons. The molecule has 1 atom stereocenters. The minimum absolute atomic E-state index is 0.190. The van der Waals surface area contributed by atoms with E-state index in [-0.39, 0.29) is 5.54 Å². The van der Waals surface area contributed by atoms with Gasteiger partial charge in [-0.15, -0.1) is 0 Å².